The first kappa shape index (κ1) is 12.5. The SMILES string of the molecule is CC(C)(CC=O)CN1C(=O)c2ccccc2C1=O. The Morgan fingerprint density at radius 2 is 1.61 bits per heavy atom. The maximum atomic E-state index is 12.1. The smallest absolute Gasteiger partial charge is 0.261 e. The van der Waals surface area contributed by atoms with E-state index in [2.05, 4.69) is 0 Å². The summed E-state index contributed by atoms with van der Waals surface area (Å²) in [6, 6.07) is 6.79. The van der Waals surface area contributed by atoms with Crippen molar-refractivity contribution in [1.29, 1.82) is 0 Å². The van der Waals surface area contributed by atoms with Crippen molar-refractivity contribution in [3.63, 3.8) is 0 Å². The Hall–Kier alpha value is -1.97. The zero-order chi connectivity index (χ0) is 13.3. The number of nitrogens with zero attached hydrogens (tertiary/aromatic N) is 1. The Bertz CT molecular complexity index is 485. The number of rotatable bonds is 4. The number of carbonyl (C=O) groups is 3. The molecule has 0 N–H and O–H groups in total. The van der Waals surface area contributed by atoms with E-state index < -0.39 is 5.41 Å². The van der Waals surface area contributed by atoms with E-state index in [0.29, 0.717) is 17.5 Å². The Morgan fingerprint density at radius 1 is 1.11 bits per heavy atom. The predicted octanol–water partition coefficient (Wildman–Crippen LogP) is 1.90. The van der Waals surface area contributed by atoms with E-state index in [4.69, 9.17) is 0 Å². The molecule has 1 aliphatic heterocycles. The zero-order valence-electron chi connectivity index (χ0n) is 10.5. The van der Waals surface area contributed by atoms with Gasteiger partial charge in [0.2, 0.25) is 0 Å². The molecule has 94 valence electrons. The molecule has 2 amide bonds. The minimum absolute atomic E-state index is 0.262. The second-order valence-electron chi connectivity index (χ2n) is 5.28. The molecule has 1 aromatic rings. The molecule has 1 aliphatic rings. The van der Waals surface area contributed by atoms with Crippen LogP contribution < -0.4 is 0 Å². The lowest BCUT2D eigenvalue weighted by atomic mass is 9.89. The number of aldehydes is 1. The third-order valence-electron chi connectivity index (χ3n) is 3.10. The van der Waals surface area contributed by atoms with E-state index >= 15 is 0 Å². The van der Waals surface area contributed by atoms with Gasteiger partial charge in [-0.2, -0.15) is 0 Å². The first-order valence-electron chi connectivity index (χ1n) is 5.85. The molecule has 0 atom stereocenters. The van der Waals surface area contributed by atoms with Crippen molar-refractivity contribution in [3.05, 3.63) is 35.4 Å². The molecular weight excluding hydrogens is 230 g/mol. The van der Waals surface area contributed by atoms with Crippen molar-refractivity contribution < 1.29 is 14.4 Å². The molecule has 0 saturated carbocycles. The fourth-order valence-corrected chi connectivity index (χ4v) is 2.10. The molecule has 0 unspecified atom stereocenters. The predicted molar refractivity (Wildman–Crippen MR) is 66.3 cm³/mol. The van der Waals surface area contributed by atoms with Crippen LogP contribution in [0, 0.1) is 5.41 Å². The summed E-state index contributed by atoms with van der Waals surface area (Å²) < 4.78 is 0. The summed E-state index contributed by atoms with van der Waals surface area (Å²) in [6.07, 6.45) is 1.14. The van der Waals surface area contributed by atoms with Crippen molar-refractivity contribution >= 4 is 18.1 Å². The van der Waals surface area contributed by atoms with Crippen molar-refractivity contribution in [3.8, 4) is 0 Å². The van der Waals surface area contributed by atoms with E-state index in [1.807, 2.05) is 13.8 Å². The molecule has 0 fully saturated rings. The number of benzene rings is 1. The molecule has 0 saturated heterocycles. The van der Waals surface area contributed by atoms with Crippen molar-refractivity contribution in [2.24, 2.45) is 5.41 Å². The highest BCUT2D eigenvalue weighted by Gasteiger charge is 2.37. The fourth-order valence-electron chi connectivity index (χ4n) is 2.10. The van der Waals surface area contributed by atoms with Gasteiger partial charge in [-0.3, -0.25) is 14.5 Å². The van der Waals surface area contributed by atoms with Crippen LogP contribution in [0.15, 0.2) is 24.3 Å². The first-order valence-corrected chi connectivity index (χ1v) is 5.85. The van der Waals surface area contributed by atoms with E-state index in [1.165, 1.54) is 4.90 Å². The largest absolute Gasteiger partial charge is 0.303 e. The highest BCUT2D eigenvalue weighted by molar-refractivity contribution is 6.21. The van der Waals surface area contributed by atoms with Gasteiger partial charge in [0.05, 0.1) is 11.1 Å². The Morgan fingerprint density at radius 3 is 2.06 bits per heavy atom. The van der Waals surface area contributed by atoms with Gasteiger partial charge in [0, 0.05) is 13.0 Å². The first-order chi connectivity index (χ1) is 8.46. The van der Waals surface area contributed by atoms with Crippen LogP contribution in [-0.2, 0) is 4.79 Å². The van der Waals surface area contributed by atoms with Crippen LogP contribution in [0.2, 0.25) is 0 Å². The molecule has 4 heteroatoms. The van der Waals surface area contributed by atoms with Crippen molar-refractivity contribution in [2.45, 2.75) is 20.3 Å². The molecule has 0 aromatic heterocycles. The quantitative estimate of drug-likeness (QED) is 0.601. The van der Waals surface area contributed by atoms with Crippen LogP contribution in [0.1, 0.15) is 41.0 Å². The topological polar surface area (TPSA) is 54.5 Å². The highest BCUT2D eigenvalue weighted by atomic mass is 16.2. The van der Waals surface area contributed by atoms with Gasteiger partial charge in [-0.05, 0) is 17.5 Å². The Labute approximate surface area is 106 Å². The summed E-state index contributed by atoms with van der Waals surface area (Å²) in [4.78, 5) is 36.0. The van der Waals surface area contributed by atoms with E-state index in [9.17, 15) is 14.4 Å². The van der Waals surface area contributed by atoms with E-state index in [-0.39, 0.29) is 18.4 Å². The molecule has 0 radical (unpaired) electrons. The van der Waals surface area contributed by atoms with Crippen molar-refractivity contribution in [1.82, 2.24) is 4.90 Å². The fraction of sp³-hybridized carbons (Fsp3) is 0.357. The van der Waals surface area contributed by atoms with Crippen LogP contribution >= 0.6 is 0 Å². The average molecular weight is 245 g/mol. The molecule has 2 rings (SSSR count). The van der Waals surface area contributed by atoms with Gasteiger partial charge in [0.1, 0.15) is 6.29 Å². The van der Waals surface area contributed by atoms with E-state index in [1.54, 1.807) is 24.3 Å². The normalized spacial score (nSPS) is 14.9. The van der Waals surface area contributed by atoms with Gasteiger partial charge < -0.3 is 4.79 Å². The lowest BCUT2D eigenvalue weighted by molar-refractivity contribution is -0.109. The Kier molecular flexibility index (Phi) is 3.03. The number of fused-ring (bicyclic) bond motifs is 1. The standard InChI is InChI=1S/C14H15NO3/c1-14(2,7-8-16)9-15-12(17)10-5-3-4-6-11(10)13(15)18/h3-6,8H,7,9H2,1-2H3. The summed E-state index contributed by atoms with van der Waals surface area (Å²) in [5.41, 5.74) is 0.503. The average Bonchev–Trinajstić information content (AvgIpc) is 2.55. The second-order valence-corrected chi connectivity index (χ2v) is 5.28. The molecule has 18 heavy (non-hydrogen) atoms. The van der Waals surface area contributed by atoms with Gasteiger partial charge in [0.15, 0.2) is 0 Å². The monoisotopic (exact) mass is 245 g/mol. The third kappa shape index (κ3) is 2.06. The van der Waals surface area contributed by atoms with Crippen molar-refractivity contribution in [2.75, 3.05) is 6.54 Å². The van der Waals surface area contributed by atoms with Gasteiger partial charge >= 0.3 is 0 Å². The number of hydrogen-bond donors (Lipinski definition) is 0. The molecule has 1 heterocycles. The molecule has 0 bridgehead atoms. The zero-order valence-corrected chi connectivity index (χ0v) is 10.5. The highest BCUT2D eigenvalue weighted by Crippen LogP contribution is 2.28. The molecular formula is C14H15NO3. The molecule has 0 spiro atoms. The second kappa shape index (κ2) is 4.37. The number of imide groups is 1. The summed E-state index contributed by atoms with van der Waals surface area (Å²) in [6.45, 7) is 3.99. The van der Waals surface area contributed by atoms with Gasteiger partial charge in [-0.15, -0.1) is 0 Å². The summed E-state index contributed by atoms with van der Waals surface area (Å²) in [5, 5.41) is 0. The van der Waals surface area contributed by atoms with E-state index in [0.717, 1.165) is 6.29 Å². The maximum absolute atomic E-state index is 12.1. The molecule has 4 nitrogen and oxygen atoms in total. The lowest BCUT2D eigenvalue weighted by Crippen LogP contribution is -2.38. The number of hydrogen-bond acceptors (Lipinski definition) is 3. The number of amides is 2. The molecule has 0 aliphatic carbocycles. The van der Waals surface area contributed by atoms with Crippen LogP contribution in [-0.4, -0.2) is 29.5 Å². The minimum atomic E-state index is -0.394. The van der Waals surface area contributed by atoms with Crippen LogP contribution in [0.25, 0.3) is 0 Å². The summed E-state index contributed by atoms with van der Waals surface area (Å²) >= 11 is 0. The Balaban J connectivity index is 2.26. The summed E-state index contributed by atoms with van der Waals surface area (Å²) in [5.74, 6) is -0.538. The van der Waals surface area contributed by atoms with Gasteiger partial charge in [-0.25, -0.2) is 0 Å². The summed E-state index contributed by atoms with van der Waals surface area (Å²) in [7, 11) is 0. The minimum Gasteiger partial charge on any atom is -0.303 e. The third-order valence-corrected chi connectivity index (χ3v) is 3.10. The maximum Gasteiger partial charge on any atom is 0.261 e. The van der Waals surface area contributed by atoms with Gasteiger partial charge in [0.25, 0.3) is 11.8 Å². The van der Waals surface area contributed by atoms with Gasteiger partial charge in [-0.1, -0.05) is 26.0 Å². The number of carbonyl (C=O) groups excluding carboxylic acids is 3. The van der Waals surface area contributed by atoms with Crippen LogP contribution in [0.5, 0.6) is 0 Å². The lowest BCUT2D eigenvalue weighted by Gasteiger charge is -2.27. The van der Waals surface area contributed by atoms with Crippen LogP contribution in [0.3, 0.4) is 0 Å². The molecule has 1 aromatic carbocycles. The van der Waals surface area contributed by atoms with Crippen LogP contribution in [0.4, 0.5) is 0 Å².